The lowest BCUT2D eigenvalue weighted by Gasteiger charge is -2.08. The highest BCUT2D eigenvalue weighted by molar-refractivity contribution is 5.93. The minimum atomic E-state index is -0.418. The number of amides is 1. The zero-order valence-electron chi connectivity index (χ0n) is 7.68. The zero-order valence-corrected chi connectivity index (χ0v) is 7.68. The molecule has 74 valence electrons. The molecule has 0 spiro atoms. The molecule has 1 atom stereocenters. The molecule has 0 aromatic carbocycles. The van der Waals surface area contributed by atoms with Crippen molar-refractivity contribution in [1.29, 1.82) is 0 Å². The van der Waals surface area contributed by atoms with Crippen molar-refractivity contribution < 1.29 is 4.79 Å². The van der Waals surface area contributed by atoms with Crippen LogP contribution in [0, 0.1) is 5.92 Å². The maximum atomic E-state index is 11.5. The fourth-order valence-corrected chi connectivity index (χ4v) is 1.23. The van der Waals surface area contributed by atoms with Gasteiger partial charge in [-0.3, -0.25) is 10.1 Å². The summed E-state index contributed by atoms with van der Waals surface area (Å²) in [4.78, 5) is 19.2. The van der Waals surface area contributed by atoms with Gasteiger partial charge < -0.3 is 5.73 Å². The van der Waals surface area contributed by atoms with E-state index in [4.69, 9.17) is 5.73 Å². The number of hydrogen-bond donors (Lipinski definition) is 2. The topological polar surface area (TPSA) is 80.9 Å². The van der Waals surface area contributed by atoms with Crippen LogP contribution in [-0.2, 0) is 4.79 Å². The van der Waals surface area contributed by atoms with E-state index in [0.717, 1.165) is 12.8 Å². The van der Waals surface area contributed by atoms with E-state index in [9.17, 15) is 4.79 Å². The molecule has 1 amide bonds. The van der Waals surface area contributed by atoms with E-state index in [1.807, 2.05) is 0 Å². The number of carbonyl (C=O) groups excluding carboxylic acids is 1. The molecule has 1 heterocycles. The molecule has 1 aliphatic carbocycles. The predicted octanol–water partition coefficient (Wildman–Crippen LogP) is 0.152. The predicted molar refractivity (Wildman–Crippen MR) is 51.4 cm³/mol. The molecular weight excluding hydrogens is 180 g/mol. The second-order valence-electron chi connectivity index (χ2n) is 3.42. The maximum absolute atomic E-state index is 11.5. The van der Waals surface area contributed by atoms with E-state index in [1.165, 1.54) is 0 Å². The number of nitrogens with zero attached hydrogens (tertiary/aromatic N) is 2. The molecule has 1 aliphatic rings. The Bertz CT molecular complexity index is 323. The summed E-state index contributed by atoms with van der Waals surface area (Å²) < 4.78 is 0. The van der Waals surface area contributed by atoms with Crippen LogP contribution in [0.3, 0.4) is 0 Å². The Morgan fingerprint density at radius 3 is 2.71 bits per heavy atom. The number of hydrogen-bond acceptors (Lipinski definition) is 4. The van der Waals surface area contributed by atoms with Gasteiger partial charge in [0.25, 0.3) is 0 Å². The van der Waals surface area contributed by atoms with Crippen LogP contribution in [0.5, 0.6) is 0 Å². The summed E-state index contributed by atoms with van der Waals surface area (Å²) >= 11 is 0. The Labute approximate surface area is 81.7 Å². The van der Waals surface area contributed by atoms with E-state index < -0.39 is 6.04 Å². The molecule has 0 saturated heterocycles. The molecule has 0 aliphatic heterocycles. The second kappa shape index (κ2) is 3.71. The quantitative estimate of drug-likeness (QED) is 0.714. The van der Waals surface area contributed by atoms with Gasteiger partial charge in [0.2, 0.25) is 11.9 Å². The minimum Gasteiger partial charge on any atom is -0.320 e. The van der Waals surface area contributed by atoms with Crippen LogP contribution in [0.4, 0.5) is 5.95 Å². The van der Waals surface area contributed by atoms with Crippen LogP contribution in [0.25, 0.3) is 0 Å². The first-order valence-corrected chi connectivity index (χ1v) is 4.61. The van der Waals surface area contributed by atoms with Crippen molar-refractivity contribution in [3.8, 4) is 0 Å². The summed E-state index contributed by atoms with van der Waals surface area (Å²) in [5.74, 6) is 0.464. The molecule has 0 bridgehead atoms. The van der Waals surface area contributed by atoms with Crippen LogP contribution in [-0.4, -0.2) is 21.9 Å². The number of nitrogens with one attached hydrogen (secondary N) is 1. The van der Waals surface area contributed by atoms with Gasteiger partial charge in [-0.05, 0) is 24.8 Å². The molecule has 14 heavy (non-hydrogen) atoms. The standard InChI is InChI=1S/C9H12N4O/c10-7(6-2-3-6)8(14)13-9-11-4-1-5-12-9/h1,4-7H,2-3,10H2,(H,11,12,13,14). The highest BCUT2D eigenvalue weighted by atomic mass is 16.2. The van der Waals surface area contributed by atoms with Crippen molar-refractivity contribution in [3.63, 3.8) is 0 Å². The smallest absolute Gasteiger partial charge is 0.243 e. The summed E-state index contributed by atoms with van der Waals surface area (Å²) in [6, 6.07) is 1.27. The molecule has 1 unspecified atom stereocenters. The van der Waals surface area contributed by atoms with Crippen molar-refractivity contribution in [2.24, 2.45) is 11.7 Å². The van der Waals surface area contributed by atoms with E-state index in [0.29, 0.717) is 11.9 Å². The Balaban J connectivity index is 1.94. The van der Waals surface area contributed by atoms with Gasteiger partial charge in [0.15, 0.2) is 0 Å². The molecule has 1 saturated carbocycles. The lowest BCUT2D eigenvalue weighted by molar-refractivity contribution is -0.117. The molecule has 3 N–H and O–H groups in total. The fourth-order valence-electron chi connectivity index (χ4n) is 1.23. The minimum absolute atomic E-state index is 0.196. The highest BCUT2D eigenvalue weighted by Gasteiger charge is 2.33. The maximum Gasteiger partial charge on any atom is 0.243 e. The van der Waals surface area contributed by atoms with Crippen LogP contribution in [0.1, 0.15) is 12.8 Å². The van der Waals surface area contributed by atoms with Crippen LogP contribution < -0.4 is 11.1 Å². The number of nitrogens with two attached hydrogens (primary N) is 1. The Morgan fingerprint density at radius 1 is 1.50 bits per heavy atom. The SMILES string of the molecule is NC(C(=O)Nc1ncccn1)C1CC1. The summed E-state index contributed by atoms with van der Waals surface area (Å²) in [5, 5.41) is 2.58. The van der Waals surface area contributed by atoms with Crippen LogP contribution >= 0.6 is 0 Å². The third-order valence-corrected chi connectivity index (χ3v) is 2.23. The molecule has 5 heteroatoms. The lowest BCUT2D eigenvalue weighted by Crippen LogP contribution is -2.37. The second-order valence-corrected chi connectivity index (χ2v) is 3.42. The largest absolute Gasteiger partial charge is 0.320 e. The summed E-state index contributed by atoms with van der Waals surface area (Å²) in [7, 11) is 0. The van der Waals surface area contributed by atoms with Gasteiger partial charge in [-0.1, -0.05) is 0 Å². The number of carbonyl (C=O) groups is 1. The van der Waals surface area contributed by atoms with Gasteiger partial charge in [0.1, 0.15) is 0 Å². The monoisotopic (exact) mass is 192 g/mol. The van der Waals surface area contributed by atoms with Gasteiger partial charge in [0.05, 0.1) is 6.04 Å². The van der Waals surface area contributed by atoms with E-state index in [2.05, 4.69) is 15.3 Å². The van der Waals surface area contributed by atoms with Crippen molar-refractivity contribution in [2.75, 3.05) is 5.32 Å². The molecule has 1 aromatic heterocycles. The van der Waals surface area contributed by atoms with E-state index in [-0.39, 0.29) is 5.91 Å². The third-order valence-electron chi connectivity index (χ3n) is 2.23. The molecule has 1 fully saturated rings. The van der Waals surface area contributed by atoms with Crippen molar-refractivity contribution in [1.82, 2.24) is 9.97 Å². The van der Waals surface area contributed by atoms with Crippen molar-refractivity contribution >= 4 is 11.9 Å². The van der Waals surface area contributed by atoms with Crippen LogP contribution in [0.15, 0.2) is 18.5 Å². The first kappa shape index (κ1) is 9.08. The first-order chi connectivity index (χ1) is 6.77. The van der Waals surface area contributed by atoms with Gasteiger partial charge in [0, 0.05) is 12.4 Å². The summed E-state index contributed by atoms with van der Waals surface area (Å²) in [6.45, 7) is 0. The molecular formula is C9H12N4O. The Kier molecular flexibility index (Phi) is 2.41. The zero-order chi connectivity index (χ0) is 9.97. The molecule has 5 nitrogen and oxygen atoms in total. The fraction of sp³-hybridized carbons (Fsp3) is 0.444. The van der Waals surface area contributed by atoms with Crippen molar-refractivity contribution in [3.05, 3.63) is 18.5 Å². The van der Waals surface area contributed by atoms with Gasteiger partial charge in [-0.2, -0.15) is 0 Å². The van der Waals surface area contributed by atoms with Crippen LogP contribution in [0.2, 0.25) is 0 Å². The molecule has 1 aromatic rings. The van der Waals surface area contributed by atoms with Gasteiger partial charge >= 0.3 is 0 Å². The van der Waals surface area contributed by atoms with Gasteiger partial charge in [-0.25, -0.2) is 9.97 Å². The number of anilines is 1. The summed E-state index contributed by atoms with van der Waals surface area (Å²) in [6.07, 6.45) is 5.24. The highest BCUT2D eigenvalue weighted by Crippen LogP contribution is 2.31. The van der Waals surface area contributed by atoms with E-state index >= 15 is 0 Å². The average Bonchev–Trinajstić information content (AvgIpc) is 3.01. The normalized spacial score (nSPS) is 17.5. The molecule has 2 rings (SSSR count). The lowest BCUT2D eigenvalue weighted by atomic mass is 10.2. The van der Waals surface area contributed by atoms with E-state index in [1.54, 1.807) is 18.5 Å². The molecule has 0 radical (unpaired) electrons. The number of rotatable bonds is 3. The Morgan fingerprint density at radius 2 is 2.14 bits per heavy atom. The number of aromatic nitrogens is 2. The first-order valence-electron chi connectivity index (χ1n) is 4.61. The average molecular weight is 192 g/mol. The van der Waals surface area contributed by atoms with Gasteiger partial charge in [-0.15, -0.1) is 0 Å². The summed E-state index contributed by atoms with van der Waals surface area (Å²) in [5.41, 5.74) is 5.70. The Hall–Kier alpha value is -1.49. The van der Waals surface area contributed by atoms with Crippen molar-refractivity contribution in [2.45, 2.75) is 18.9 Å². The third kappa shape index (κ3) is 2.05.